The second-order valence-corrected chi connectivity index (χ2v) is 2.17. The molecule has 0 nitrogen and oxygen atoms in total. The molecule has 0 saturated carbocycles. The molecule has 0 saturated heterocycles. The predicted molar refractivity (Wildman–Crippen MR) is 40.2 cm³/mol. The third-order valence-electron chi connectivity index (χ3n) is 1.44. The van der Waals surface area contributed by atoms with E-state index in [9.17, 15) is 0 Å². The van der Waals surface area contributed by atoms with Crippen molar-refractivity contribution < 1.29 is 0 Å². The fourth-order valence-electron chi connectivity index (χ4n) is 0.667. The molecule has 0 bridgehead atoms. The highest BCUT2D eigenvalue weighted by atomic mass is 13.9. The minimum absolute atomic E-state index is 1.22. The van der Waals surface area contributed by atoms with E-state index in [1.165, 1.54) is 11.1 Å². The minimum atomic E-state index is 1.22. The number of hydrogen-bond donors (Lipinski definition) is 0. The van der Waals surface area contributed by atoms with Crippen LogP contribution in [-0.4, -0.2) is 0 Å². The van der Waals surface area contributed by atoms with Gasteiger partial charge in [0.1, 0.15) is 0 Å². The molecule has 0 aromatic heterocycles. The molecule has 0 unspecified atom stereocenters. The summed E-state index contributed by atoms with van der Waals surface area (Å²) in [6.45, 7) is 4.15. The lowest BCUT2D eigenvalue weighted by Crippen LogP contribution is -1.72. The van der Waals surface area contributed by atoms with Crippen LogP contribution in [0.15, 0.2) is 41.2 Å². The standard InChI is InChI=1S/C9H10/c1-8-6-4-3-5-7-9(8)2/h3-6H,1-2H3. The van der Waals surface area contributed by atoms with Gasteiger partial charge in [-0.3, -0.25) is 0 Å². The van der Waals surface area contributed by atoms with Gasteiger partial charge in [0.15, 0.2) is 0 Å². The molecule has 1 rings (SSSR count). The van der Waals surface area contributed by atoms with E-state index in [1.54, 1.807) is 0 Å². The molecule has 0 spiro atoms. The van der Waals surface area contributed by atoms with Crippen molar-refractivity contribution in [2.45, 2.75) is 13.8 Å². The Balaban J connectivity index is 3.06. The van der Waals surface area contributed by atoms with Crippen LogP contribution in [-0.2, 0) is 0 Å². The minimum Gasteiger partial charge on any atom is -0.117 e. The van der Waals surface area contributed by atoms with Crippen molar-refractivity contribution >= 4 is 0 Å². The summed E-state index contributed by atoms with van der Waals surface area (Å²) in [6.07, 6.45) is 8.03. The number of hydrogen-bond acceptors (Lipinski definition) is 0. The Morgan fingerprint density at radius 2 is 2.00 bits per heavy atom. The van der Waals surface area contributed by atoms with Gasteiger partial charge in [-0.25, -0.2) is 0 Å². The van der Waals surface area contributed by atoms with E-state index in [0.29, 0.717) is 0 Å². The summed E-state index contributed by atoms with van der Waals surface area (Å²) in [7, 11) is 0. The monoisotopic (exact) mass is 118 g/mol. The van der Waals surface area contributed by atoms with Crippen molar-refractivity contribution in [3.8, 4) is 0 Å². The van der Waals surface area contributed by atoms with E-state index in [-0.39, 0.29) is 0 Å². The summed E-state index contributed by atoms with van der Waals surface area (Å²) >= 11 is 0. The van der Waals surface area contributed by atoms with Crippen LogP contribution in [0, 0.1) is 0 Å². The van der Waals surface area contributed by atoms with E-state index in [0.717, 1.165) is 0 Å². The first-order chi connectivity index (χ1) is 4.30. The molecule has 0 radical (unpaired) electrons. The fraction of sp³-hybridized carbons (Fsp3) is 0.222. The molecule has 1 aliphatic rings. The maximum Gasteiger partial charge on any atom is -0.00622 e. The van der Waals surface area contributed by atoms with Gasteiger partial charge in [-0.05, 0) is 31.1 Å². The van der Waals surface area contributed by atoms with Crippen molar-refractivity contribution in [2.75, 3.05) is 0 Å². The Kier molecular flexibility index (Phi) is 1.72. The molecule has 9 heavy (non-hydrogen) atoms. The molecule has 0 aromatic carbocycles. The van der Waals surface area contributed by atoms with Gasteiger partial charge in [-0.15, -0.1) is 5.73 Å². The second-order valence-electron chi connectivity index (χ2n) is 2.17. The maximum absolute atomic E-state index is 3.13. The molecule has 0 fully saturated rings. The third-order valence-corrected chi connectivity index (χ3v) is 1.44. The summed E-state index contributed by atoms with van der Waals surface area (Å²) < 4.78 is 0. The van der Waals surface area contributed by atoms with E-state index in [1.807, 2.05) is 18.2 Å². The molecule has 1 aliphatic carbocycles. The van der Waals surface area contributed by atoms with Crippen LogP contribution in [0.25, 0.3) is 0 Å². The molecule has 0 N–H and O–H groups in total. The Hall–Kier alpha value is -1.00. The van der Waals surface area contributed by atoms with Crippen molar-refractivity contribution in [3.63, 3.8) is 0 Å². The second kappa shape index (κ2) is 2.52. The zero-order valence-corrected chi connectivity index (χ0v) is 5.81. The molecule has 0 amide bonds. The van der Waals surface area contributed by atoms with Gasteiger partial charge in [0.25, 0.3) is 0 Å². The van der Waals surface area contributed by atoms with Crippen molar-refractivity contribution in [3.05, 3.63) is 41.2 Å². The van der Waals surface area contributed by atoms with Gasteiger partial charge in [0.2, 0.25) is 0 Å². The molecule has 0 atom stereocenters. The Bertz CT molecular complexity index is 220. The van der Waals surface area contributed by atoms with Crippen LogP contribution in [0.1, 0.15) is 13.8 Å². The van der Waals surface area contributed by atoms with Crippen LogP contribution in [0.4, 0.5) is 0 Å². The average Bonchev–Trinajstić information content (AvgIpc) is 1.99. The summed E-state index contributed by atoms with van der Waals surface area (Å²) in [5.41, 5.74) is 5.64. The first-order valence-corrected chi connectivity index (χ1v) is 3.08. The molecular weight excluding hydrogens is 108 g/mol. The SMILES string of the molecule is CC1=C=CC=CC=C1C. The van der Waals surface area contributed by atoms with Gasteiger partial charge in [-0.1, -0.05) is 18.2 Å². The summed E-state index contributed by atoms with van der Waals surface area (Å²) in [6, 6.07) is 0. The summed E-state index contributed by atoms with van der Waals surface area (Å²) in [5.74, 6) is 0. The molecule has 0 aliphatic heterocycles. The third kappa shape index (κ3) is 1.45. The van der Waals surface area contributed by atoms with E-state index in [2.05, 4.69) is 25.7 Å². The largest absolute Gasteiger partial charge is 0.117 e. The van der Waals surface area contributed by atoms with Gasteiger partial charge in [0.05, 0.1) is 0 Å². The lowest BCUT2D eigenvalue weighted by atomic mass is 10.1. The van der Waals surface area contributed by atoms with Crippen molar-refractivity contribution in [1.82, 2.24) is 0 Å². The Morgan fingerprint density at radius 1 is 1.22 bits per heavy atom. The lowest BCUT2D eigenvalue weighted by molar-refractivity contribution is 1.36. The normalized spacial score (nSPS) is 16.7. The van der Waals surface area contributed by atoms with E-state index in [4.69, 9.17) is 0 Å². The smallest absolute Gasteiger partial charge is 0.00622 e. The zero-order valence-electron chi connectivity index (χ0n) is 5.81. The van der Waals surface area contributed by atoms with E-state index >= 15 is 0 Å². The van der Waals surface area contributed by atoms with E-state index < -0.39 is 0 Å². The maximum atomic E-state index is 3.13. The zero-order chi connectivity index (χ0) is 6.69. The average molecular weight is 118 g/mol. The van der Waals surface area contributed by atoms with Crippen LogP contribution >= 0.6 is 0 Å². The summed E-state index contributed by atoms with van der Waals surface area (Å²) in [4.78, 5) is 0. The molecular formula is C9H10. The highest BCUT2D eigenvalue weighted by Gasteiger charge is 1.88. The first kappa shape index (κ1) is 6.12. The molecule has 0 aromatic rings. The van der Waals surface area contributed by atoms with Crippen LogP contribution < -0.4 is 0 Å². The van der Waals surface area contributed by atoms with Gasteiger partial charge >= 0.3 is 0 Å². The highest BCUT2D eigenvalue weighted by molar-refractivity contribution is 5.33. The number of rotatable bonds is 0. The van der Waals surface area contributed by atoms with Crippen LogP contribution in [0.5, 0.6) is 0 Å². The van der Waals surface area contributed by atoms with Crippen molar-refractivity contribution in [1.29, 1.82) is 0 Å². The topological polar surface area (TPSA) is 0 Å². The van der Waals surface area contributed by atoms with Gasteiger partial charge in [-0.2, -0.15) is 0 Å². The first-order valence-electron chi connectivity index (χ1n) is 3.08. The molecule has 0 heteroatoms. The Morgan fingerprint density at radius 3 is 2.78 bits per heavy atom. The fourth-order valence-corrected chi connectivity index (χ4v) is 0.667. The van der Waals surface area contributed by atoms with Gasteiger partial charge in [0, 0.05) is 0 Å². The molecule has 0 heterocycles. The lowest BCUT2D eigenvalue weighted by Gasteiger charge is -1.91. The highest BCUT2D eigenvalue weighted by Crippen LogP contribution is 2.07. The molecule has 46 valence electrons. The Labute approximate surface area is 55.9 Å². The quantitative estimate of drug-likeness (QED) is 0.429. The predicted octanol–water partition coefficient (Wildman–Crippen LogP) is 2.60. The van der Waals surface area contributed by atoms with Gasteiger partial charge < -0.3 is 0 Å². The van der Waals surface area contributed by atoms with Crippen LogP contribution in [0.2, 0.25) is 0 Å². The number of allylic oxidation sites excluding steroid dienone is 5. The van der Waals surface area contributed by atoms with Crippen LogP contribution in [0.3, 0.4) is 0 Å². The summed E-state index contributed by atoms with van der Waals surface area (Å²) in [5, 5.41) is 0. The van der Waals surface area contributed by atoms with Crippen molar-refractivity contribution in [2.24, 2.45) is 0 Å².